The molecule has 6 nitrogen and oxygen atoms in total. The van der Waals surface area contributed by atoms with Crippen molar-refractivity contribution >= 4 is 15.8 Å². The average Bonchev–Trinajstić information content (AvgIpc) is 3.40. The lowest BCUT2D eigenvalue weighted by atomic mass is 9.97. The van der Waals surface area contributed by atoms with Gasteiger partial charge in [0.2, 0.25) is 10.0 Å². The van der Waals surface area contributed by atoms with Gasteiger partial charge in [-0.05, 0) is 48.2 Å². The topological polar surface area (TPSA) is 76.5 Å². The van der Waals surface area contributed by atoms with E-state index in [0.29, 0.717) is 38.1 Å². The van der Waals surface area contributed by atoms with Crippen molar-refractivity contribution in [1.82, 2.24) is 8.87 Å². The predicted molar refractivity (Wildman–Crippen MR) is 125 cm³/mol. The Morgan fingerprint density at radius 1 is 0.789 bits per heavy atom. The highest BCUT2D eigenvalue weighted by Gasteiger charge is 2.37. The minimum atomic E-state index is -5.00. The van der Waals surface area contributed by atoms with E-state index >= 15 is 0 Å². The second-order valence-electron chi connectivity index (χ2n) is 8.74. The van der Waals surface area contributed by atoms with E-state index in [-0.39, 0.29) is 27.7 Å². The fourth-order valence-electron chi connectivity index (χ4n) is 4.08. The van der Waals surface area contributed by atoms with Crippen molar-refractivity contribution in [3.8, 4) is 11.1 Å². The molecule has 202 valence electrons. The number of carbonyl (C=O) groups excluding carboxylic acids is 1. The van der Waals surface area contributed by atoms with Crippen LogP contribution in [0.4, 0.5) is 26.3 Å². The molecule has 13 heteroatoms. The van der Waals surface area contributed by atoms with Crippen molar-refractivity contribution in [2.45, 2.75) is 36.6 Å². The highest BCUT2D eigenvalue weighted by molar-refractivity contribution is 7.89. The Balaban J connectivity index is 1.59. The predicted octanol–water partition coefficient (Wildman–Crippen LogP) is 5.22. The van der Waals surface area contributed by atoms with Crippen molar-refractivity contribution in [3.05, 3.63) is 87.8 Å². The number of pyridine rings is 1. The molecule has 3 aromatic rings. The Bertz CT molecular complexity index is 1490. The number of halogens is 6. The van der Waals surface area contributed by atoms with Crippen LogP contribution in [0.1, 0.15) is 34.3 Å². The molecule has 1 aromatic heterocycles. The minimum Gasteiger partial charge on any atom is -0.306 e. The van der Waals surface area contributed by atoms with Gasteiger partial charge in [-0.2, -0.15) is 30.6 Å². The Labute approximate surface area is 213 Å². The molecule has 0 bridgehead atoms. The summed E-state index contributed by atoms with van der Waals surface area (Å²) >= 11 is 0. The quantitative estimate of drug-likeness (QED) is 0.307. The maximum absolute atomic E-state index is 13.2. The van der Waals surface area contributed by atoms with E-state index in [2.05, 4.69) is 0 Å². The van der Waals surface area contributed by atoms with Gasteiger partial charge in [-0.1, -0.05) is 24.3 Å². The Morgan fingerprint density at radius 3 is 1.87 bits per heavy atom. The van der Waals surface area contributed by atoms with E-state index < -0.39 is 51.4 Å². The summed E-state index contributed by atoms with van der Waals surface area (Å²) in [6.45, 7) is 0.176. The lowest BCUT2D eigenvalue weighted by molar-refractivity contribution is -0.143. The molecule has 1 fully saturated rings. The third-order valence-corrected chi connectivity index (χ3v) is 7.98. The van der Waals surface area contributed by atoms with Crippen molar-refractivity contribution < 1.29 is 39.6 Å². The zero-order valence-corrected chi connectivity index (χ0v) is 20.3. The van der Waals surface area contributed by atoms with Crippen molar-refractivity contribution in [3.63, 3.8) is 0 Å². The van der Waals surface area contributed by atoms with Crippen LogP contribution in [0.2, 0.25) is 0 Å². The van der Waals surface area contributed by atoms with E-state index in [4.69, 9.17) is 0 Å². The van der Waals surface area contributed by atoms with E-state index in [9.17, 15) is 44.3 Å². The highest BCUT2D eigenvalue weighted by atomic mass is 32.2. The van der Waals surface area contributed by atoms with Crippen molar-refractivity contribution in [2.75, 3.05) is 13.1 Å². The number of rotatable bonds is 6. The standard InChI is InChI=1S/C25H20F6N2O4S/c26-24(27,28)19-11-18(12-20(13-19)25(29,30)31)16-3-5-17(6-4-16)22(34)15-32-14-21(7-8-23(32)35)38(36,37)33-9-1-2-10-33/h3-8,11-14H,1-2,9-10,15H2. The number of Topliss-reactive ketones (excluding diaryl/α,β-unsaturated/α-hetero) is 1. The first-order chi connectivity index (χ1) is 17.7. The Morgan fingerprint density at radius 2 is 1.34 bits per heavy atom. The van der Waals surface area contributed by atoms with E-state index in [0.717, 1.165) is 22.9 Å². The number of ketones is 1. The summed E-state index contributed by atoms with van der Waals surface area (Å²) in [4.78, 5) is 24.9. The number of benzene rings is 2. The molecule has 0 unspecified atom stereocenters. The number of sulfonamides is 1. The van der Waals surface area contributed by atoms with Crippen LogP contribution >= 0.6 is 0 Å². The van der Waals surface area contributed by atoms with Gasteiger partial charge < -0.3 is 4.57 Å². The van der Waals surface area contributed by atoms with E-state index in [1.165, 1.54) is 28.6 Å². The van der Waals surface area contributed by atoms with Crippen LogP contribution in [0.5, 0.6) is 0 Å². The van der Waals surface area contributed by atoms with Gasteiger partial charge in [-0.15, -0.1) is 0 Å². The maximum atomic E-state index is 13.2. The second-order valence-corrected chi connectivity index (χ2v) is 10.7. The first-order valence-corrected chi connectivity index (χ1v) is 12.7. The molecule has 2 aromatic carbocycles. The lowest BCUT2D eigenvalue weighted by Crippen LogP contribution is -2.30. The molecule has 38 heavy (non-hydrogen) atoms. The van der Waals surface area contributed by atoms with Gasteiger partial charge in [0.1, 0.15) is 0 Å². The summed E-state index contributed by atoms with van der Waals surface area (Å²) in [6.07, 6.45) is -7.51. The third kappa shape index (κ3) is 5.83. The van der Waals surface area contributed by atoms with Gasteiger partial charge in [0, 0.05) is 30.9 Å². The van der Waals surface area contributed by atoms with Gasteiger partial charge in [0.05, 0.1) is 22.6 Å². The first-order valence-electron chi connectivity index (χ1n) is 11.3. The molecule has 2 heterocycles. The van der Waals surface area contributed by atoms with Crippen LogP contribution in [0.3, 0.4) is 0 Å². The largest absolute Gasteiger partial charge is 0.416 e. The monoisotopic (exact) mass is 558 g/mol. The summed E-state index contributed by atoms with van der Waals surface area (Å²) in [7, 11) is -3.84. The summed E-state index contributed by atoms with van der Waals surface area (Å²) in [6, 6.07) is 8.19. The Kier molecular flexibility index (Phi) is 7.28. The zero-order chi connectivity index (χ0) is 27.9. The number of hydrogen-bond donors (Lipinski definition) is 0. The molecule has 0 aliphatic carbocycles. The van der Waals surface area contributed by atoms with Gasteiger partial charge in [-0.3, -0.25) is 9.59 Å². The van der Waals surface area contributed by atoms with Crippen LogP contribution < -0.4 is 5.56 Å². The van der Waals surface area contributed by atoms with Crippen LogP contribution in [-0.4, -0.2) is 36.2 Å². The zero-order valence-electron chi connectivity index (χ0n) is 19.5. The number of aromatic nitrogens is 1. The molecule has 0 amide bonds. The molecule has 0 atom stereocenters. The summed E-state index contributed by atoms with van der Waals surface area (Å²) in [5, 5.41) is 0. The van der Waals surface area contributed by atoms with Crippen LogP contribution in [-0.2, 0) is 28.9 Å². The first kappa shape index (κ1) is 27.6. The number of alkyl halides is 6. The molecule has 4 rings (SSSR count). The fourth-order valence-corrected chi connectivity index (χ4v) is 5.62. The van der Waals surface area contributed by atoms with Crippen LogP contribution in [0.15, 0.2) is 70.5 Å². The third-order valence-electron chi connectivity index (χ3n) is 6.10. The van der Waals surface area contributed by atoms with Crippen LogP contribution in [0.25, 0.3) is 11.1 Å². The normalized spacial score (nSPS) is 15.1. The van der Waals surface area contributed by atoms with Crippen LogP contribution in [0, 0.1) is 0 Å². The van der Waals surface area contributed by atoms with Gasteiger partial charge in [0.15, 0.2) is 5.78 Å². The lowest BCUT2D eigenvalue weighted by Gasteiger charge is -2.16. The van der Waals surface area contributed by atoms with Crippen molar-refractivity contribution in [1.29, 1.82) is 0 Å². The number of carbonyl (C=O) groups is 1. The van der Waals surface area contributed by atoms with Crippen molar-refractivity contribution in [2.24, 2.45) is 0 Å². The summed E-state index contributed by atoms with van der Waals surface area (Å²) in [5.41, 5.74) is -3.87. The molecular formula is C25H20F6N2O4S. The number of nitrogens with zero attached hydrogens (tertiary/aromatic N) is 2. The summed E-state index contributed by atoms with van der Waals surface area (Å²) in [5.74, 6) is -0.616. The van der Waals surface area contributed by atoms with E-state index in [1.807, 2.05) is 0 Å². The van der Waals surface area contributed by atoms with Gasteiger partial charge >= 0.3 is 12.4 Å². The average molecular weight is 559 g/mol. The fraction of sp³-hybridized carbons (Fsp3) is 0.280. The molecule has 0 saturated carbocycles. The summed E-state index contributed by atoms with van der Waals surface area (Å²) < 4.78 is 107. The smallest absolute Gasteiger partial charge is 0.306 e. The molecule has 0 spiro atoms. The molecule has 0 radical (unpaired) electrons. The molecular weight excluding hydrogens is 538 g/mol. The number of hydrogen-bond acceptors (Lipinski definition) is 4. The van der Waals surface area contributed by atoms with Gasteiger partial charge in [0.25, 0.3) is 5.56 Å². The molecule has 1 aliphatic rings. The minimum absolute atomic E-state index is 0.00835. The molecule has 0 N–H and O–H groups in total. The maximum Gasteiger partial charge on any atom is 0.416 e. The second kappa shape index (κ2) is 10.0. The Hall–Kier alpha value is -3.45. The SMILES string of the molecule is O=C(Cn1cc(S(=O)(=O)N2CCCC2)ccc1=O)c1ccc(-c2cc(C(F)(F)F)cc(C(F)(F)F)c2)cc1. The molecule has 1 saturated heterocycles. The van der Waals surface area contributed by atoms with E-state index in [1.54, 1.807) is 0 Å². The van der Waals surface area contributed by atoms with Gasteiger partial charge in [-0.25, -0.2) is 8.42 Å². The molecule has 1 aliphatic heterocycles. The highest BCUT2D eigenvalue weighted by Crippen LogP contribution is 2.38.